The summed E-state index contributed by atoms with van der Waals surface area (Å²) in [5.74, 6) is -2.36. The fourth-order valence-electron chi connectivity index (χ4n) is 3.91. The van der Waals surface area contributed by atoms with Crippen LogP contribution in [0.25, 0.3) is 11.0 Å². The largest absolute Gasteiger partial charge is 0.378 e. The Labute approximate surface area is 204 Å². The van der Waals surface area contributed by atoms with Gasteiger partial charge >= 0.3 is 0 Å². The molecule has 1 aliphatic heterocycles. The third-order valence-electron chi connectivity index (χ3n) is 5.84. The molecule has 0 bridgehead atoms. The van der Waals surface area contributed by atoms with Crippen LogP contribution in [0.4, 0.5) is 30.4 Å². The first-order chi connectivity index (χ1) is 17.5. The maximum atomic E-state index is 14.6. The van der Waals surface area contributed by atoms with Gasteiger partial charge in [0.1, 0.15) is 11.6 Å². The molecule has 0 aliphatic carbocycles. The first kappa shape index (κ1) is 23.6. The Morgan fingerprint density at radius 1 is 0.861 bits per heavy atom. The number of morpholine rings is 1. The van der Waals surface area contributed by atoms with Crippen LogP contribution in [0, 0.1) is 17.5 Å². The maximum absolute atomic E-state index is 14.6. The summed E-state index contributed by atoms with van der Waals surface area (Å²) in [6.45, 7) is 2.76. The fraction of sp³-hybridized carbons (Fsp3) is 0.192. The lowest BCUT2D eigenvalue weighted by atomic mass is 10.0. The van der Waals surface area contributed by atoms with Gasteiger partial charge in [-0.2, -0.15) is 0 Å². The van der Waals surface area contributed by atoms with Crippen LogP contribution in [0.15, 0.2) is 60.8 Å². The number of fused-ring (bicyclic) bond motifs is 1. The number of aromatic nitrogens is 2. The molecule has 1 aromatic heterocycles. The van der Waals surface area contributed by atoms with Crippen molar-refractivity contribution in [3.63, 3.8) is 0 Å². The molecule has 0 radical (unpaired) electrons. The molecule has 0 spiro atoms. The highest BCUT2D eigenvalue weighted by atomic mass is 19.2. The number of carbonyl (C=O) groups excluding carboxylic acids is 1. The number of halogens is 3. The second-order valence-electron chi connectivity index (χ2n) is 8.21. The summed E-state index contributed by atoms with van der Waals surface area (Å²) in [7, 11) is 0. The molecule has 10 heteroatoms. The van der Waals surface area contributed by atoms with Gasteiger partial charge in [0.15, 0.2) is 17.4 Å². The number of carbonyl (C=O) groups is 1. The highest BCUT2D eigenvalue weighted by Crippen LogP contribution is 2.22. The van der Waals surface area contributed by atoms with E-state index in [2.05, 4.69) is 25.5 Å². The smallest absolute Gasteiger partial charge is 0.196 e. The zero-order valence-corrected chi connectivity index (χ0v) is 19.1. The van der Waals surface area contributed by atoms with E-state index < -0.39 is 23.2 Å². The quantitative estimate of drug-likeness (QED) is 0.288. The fourth-order valence-corrected chi connectivity index (χ4v) is 3.91. The number of nitrogens with one attached hydrogen (secondary N) is 2. The van der Waals surface area contributed by atoms with E-state index in [1.54, 1.807) is 24.4 Å². The molecule has 1 fully saturated rings. The van der Waals surface area contributed by atoms with Crippen LogP contribution >= 0.6 is 0 Å². The molecular weight excluding hydrogens is 471 g/mol. The van der Waals surface area contributed by atoms with Crippen molar-refractivity contribution in [3.8, 4) is 0 Å². The number of nitrogens with zero attached hydrogens (tertiary/aromatic N) is 3. The van der Waals surface area contributed by atoms with E-state index in [0.717, 1.165) is 12.1 Å². The number of benzene rings is 3. The minimum atomic E-state index is -0.966. The molecule has 0 atom stereocenters. The van der Waals surface area contributed by atoms with Gasteiger partial charge in [0.2, 0.25) is 0 Å². The van der Waals surface area contributed by atoms with Gasteiger partial charge in [-0.15, -0.1) is 0 Å². The molecule has 7 nitrogen and oxygen atoms in total. The molecule has 2 heterocycles. The Morgan fingerprint density at radius 3 is 2.33 bits per heavy atom. The summed E-state index contributed by atoms with van der Waals surface area (Å²) < 4.78 is 46.4. The van der Waals surface area contributed by atoms with Crippen molar-refractivity contribution < 1.29 is 22.7 Å². The lowest BCUT2D eigenvalue weighted by Crippen LogP contribution is -2.36. The molecule has 5 rings (SSSR count). The SMILES string of the molecule is O=C(c1ccc2ncc(N3CCOCC3)nc2c1)c1cc(NCNc2ccc(F)c(F)c2)ccc1F. The molecule has 2 N–H and O–H groups in total. The van der Waals surface area contributed by atoms with Gasteiger partial charge in [-0.3, -0.25) is 9.78 Å². The molecule has 0 saturated carbocycles. The molecule has 0 amide bonds. The average Bonchev–Trinajstić information content (AvgIpc) is 2.91. The minimum absolute atomic E-state index is 0.107. The lowest BCUT2D eigenvalue weighted by molar-refractivity contribution is 0.103. The summed E-state index contributed by atoms with van der Waals surface area (Å²) in [6.07, 6.45) is 1.69. The predicted octanol–water partition coefficient (Wildman–Crippen LogP) is 4.60. The van der Waals surface area contributed by atoms with E-state index in [9.17, 15) is 18.0 Å². The number of ketones is 1. The van der Waals surface area contributed by atoms with Gasteiger partial charge < -0.3 is 20.3 Å². The highest BCUT2D eigenvalue weighted by molar-refractivity contribution is 6.10. The van der Waals surface area contributed by atoms with E-state index in [1.807, 2.05) is 0 Å². The van der Waals surface area contributed by atoms with Crippen LogP contribution in [-0.2, 0) is 4.74 Å². The molecule has 184 valence electrons. The zero-order valence-electron chi connectivity index (χ0n) is 19.1. The molecular formula is C26H22F3N5O2. The Bertz CT molecular complexity index is 1430. The third-order valence-corrected chi connectivity index (χ3v) is 5.84. The summed E-state index contributed by atoms with van der Waals surface area (Å²) in [5, 5.41) is 5.88. The average molecular weight is 493 g/mol. The number of hydrogen-bond acceptors (Lipinski definition) is 7. The number of anilines is 3. The van der Waals surface area contributed by atoms with Crippen LogP contribution in [0.5, 0.6) is 0 Å². The van der Waals surface area contributed by atoms with E-state index >= 15 is 0 Å². The Hall–Kier alpha value is -4.18. The van der Waals surface area contributed by atoms with Crippen molar-refractivity contribution >= 4 is 34.0 Å². The van der Waals surface area contributed by atoms with Gasteiger partial charge in [-0.25, -0.2) is 18.2 Å². The van der Waals surface area contributed by atoms with E-state index in [-0.39, 0.29) is 17.8 Å². The Morgan fingerprint density at radius 2 is 1.58 bits per heavy atom. The Balaban J connectivity index is 1.33. The molecule has 1 saturated heterocycles. The van der Waals surface area contributed by atoms with E-state index in [0.29, 0.717) is 54.5 Å². The lowest BCUT2D eigenvalue weighted by Gasteiger charge is -2.27. The summed E-state index contributed by atoms with van der Waals surface area (Å²) in [6, 6.07) is 12.4. The first-order valence-electron chi connectivity index (χ1n) is 11.3. The van der Waals surface area contributed by atoms with Gasteiger partial charge in [-0.1, -0.05) is 0 Å². The van der Waals surface area contributed by atoms with Gasteiger partial charge in [0, 0.05) is 36.1 Å². The van der Waals surface area contributed by atoms with Crippen molar-refractivity contribution in [1.29, 1.82) is 0 Å². The van der Waals surface area contributed by atoms with Gasteiger partial charge in [-0.05, 0) is 48.5 Å². The maximum Gasteiger partial charge on any atom is 0.196 e. The van der Waals surface area contributed by atoms with Gasteiger partial charge in [0.05, 0.1) is 42.7 Å². The third kappa shape index (κ3) is 5.08. The second kappa shape index (κ2) is 10.2. The van der Waals surface area contributed by atoms with Crippen LogP contribution in [0.2, 0.25) is 0 Å². The van der Waals surface area contributed by atoms with Crippen LogP contribution in [0.1, 0.15) is 15.9 Å². The minimum Gasteiger partial charge on any atom is -0.378 e. The molecule has 0 unspecified atom stereocenters. The zero-order chi connectivity index (χ0) is 25.1. The van der Waals surface area contributed by atoms with E-state index in [4.69, 9.17) is 4.74 Å². The topological polar surface area (TPSA) is 79.4 Å². The van der Waals surface area contributed by atoms with Crippen LogP contribution in [0.3, 0.4) is 0 Å². The van der Waals surface area contributed by atoms with Crippen LogP contribution < -0.4 is 15.5 Å². The summed E-state index contributed by atoms with van der Waals surface area (Å²) >= 11 is 0. The predicted molar refractivity (Wildman–Crippen MR) is 131 cm³/mol. The van der Waals surface area contributed by atoms with Crippen LogP contribution in [-0.4, -0.2) is 48.7 Å². The standard InChI is InChI=1S/C26H22F3N5O2/c27-20-4-2-17(31-15-32-18-3-5-21(28)22(29)13-18)12-19(20)26(35)16-1-6-23-24(11-16)33-25(14-30-23)34-7-9-36-10-8-34/h1-6,11-14,31-32H,7-10,15H2. The second-order valence-corrected chi connectivity index (χ2v) is 8.21. The summed E-state index contributed by atoms with van der Waals surface area (Å²) in [4.78, 5) is 24.3. The summed E-state index contributed by atoms with van der Waals surface area (Å²) in [5.41, 5.74) is 2.19. The van der Waals surface area contributed by atoms with Gasteiger partial charge in [0.25, 0.3) is 0 Å². The van der Waals surface area contributed by atoms with Crippen molar-refractivity contribution in [1.82, 2.24) is 9.97 Å². The number of rotatable bonds is 7. The number of hydrogen-bond donors (Lipinski definition) is 2. The highest BCUT2D eigenvalue weighted by Gasteiger charge is 2.17. The van der Waals surface area contributed by atoms with Crippen molar-refractivity contribution in [3.05, 3.63) is 89.4 Å². The van der Waals surface area contributed by atoms with E-state index in [1.165, 1.54) is 24.3 Å². The first-order valence-corrected chi connectivity index (χ1v) is 11.3. The van der Waals surface area contributed by atoms with Crippen molar-refractivity contribution in [2.45, 2.75) is 0 Å². The van der Waals surface area contributed by atoms with Crippen molar-refractivity contribution in [2.75, 3.05) is 48.5 Å². The molecule has 4 aromatic rings. The molecule has 3 aromatic carbocycles. The number of ether oxygens (including phenoxy) is 1. The molecule has 36 heavy (non-hydrogen) atoms. The normalized spacial score (nSPS) is 13.6. The van der Waals surface area contributed by atoms with Crippen molar-refractivity contribution in [2.24, 2.45) is 0 Å². The monoisotopic (exact) mass is 493 g/mol. The molecule has 1 aliphatic rings. The Kier molecular flexibility index (Phi) is 6.68.